The van der Waals surface area contributed by atoms with E-state index < -0.39 is 0 Å². The zero-order chi connectivity index (χ0) is 26.4. The van der Waals surface area contributed by atoms with Crippen molar-refractivity contribution in [3.8, 4) is 0 Å². The third-order valence-electron chi connectivity index (χ3n) is 12.7. The van der Waals surface area contributed by atoms with Crippen LogP contribution < -0.4 is 0 Å². The fraction of sp³-hybridized carbons (Fsp3) is 0.800. The SMILES string of the molecule is CC(C)CCC[C@@H](C)[C@H]1CC[C@H]2[C@@H]3CCC4[C@H](Cc5ccc(C=O)cc5)[C@H](O)CC[C@]4(C)[C@H]3CC[C@]12C. The normalized spacial score (nSPS) is 42.1. The Morgan fingerprint density at radius 1 is 0.865 bits per heavy atom. The van der Waals surface area contributed by atoms with Gasteiger partial charge in [-0.1, -0.05) is 78.1 Å². The van der Waals surface area contributed by atoms with Crippen LogP contribution in [0.3, 0.4) is 0 Å². The maximum atomic E-state index is 11.2. The predicted molar refractivity (Wildman–Crippen MR) is 153 cm³/mol. The number of carbonyl (C=O) groups excluding carboxylic acids is 1. The molecule has 1 aromatic carbocycles. The van der Waals surface area contributed by atoms with E-state index in [1.807, 2.05) is 12.1 Å². The molecule has 1 aromatic rings. The van der Waals surface area contributed by atoms with Gasteiger partial charge in [-0.3, -0.25) is 4.79 Å². The number of benzene rings is 1. The Hall–Kier alpha value is -1.15. The van der Waals surface area contributed by atoms with Crippen LogP contribution >= 0.6 is 0 Å². The zero-order valence-electron chi connectivity index (χ0n) is 24.4. The number of hydrogen-bond acceptors (Lipinski definition) is 2. The van der Waals surface area contributed by atoms with Crippen LogP contribution in [0.2, 0.25) is 0 Å². The minimum absolute atomic E-state index is 0.184. The van der Waals surface area contributed by atoms with E-state index in [-0.39, 0.29) is 6.10 Å². The molecular weight excluding hydrogens is 452 g/mol. The van der Waals surface area contributed by atoms with Crippen molar-refractivity contribution in [1.82, 2.24) is 0 Å². The molecule has 37 heavy (non-hydrogen) atoms. The standard InChI is InChI=1S/C35H54O2/c1-23(2)7-6-8-24(3)29-15-16-30-27-13-14-31-28(21-25-9-11-26(22-36)12-10-25)33(37)18-20-35(31,5)32(27)17-19-34(29,30)4/h9-12,22-24,27-33,37H,6-8,13-21H2,1-5H3/t24-,27+,28+,29-,30+,31?,32+,33-,34-,35+/m1/s1. The van der Waals surface area contributed by atoms with Gasteiger partial charge in [0.05, 0.1) is 6.10 Å². The first-order valence-electron chi connectivity index (χ1n) is 15.9. The molecule has 4 saturated carbocycles. The Morgan fingerprint density at radius 3 is 2.24 bits per heavy atom. The summed E-state index contributed by atoms with van der Waals surface area (Å²) >= 11 is 0. The molecule has 0 radical (unpaired) electrons. The number of carbonyl (C=O) groups is 1. The van der Waals surface area contributed by atoms with Crippen LogP contribution in [-0.4, -0.2) is 17.5 Å². The van der Waals surface area contributed by atoms with Crippen molar-refractivity contribution in [2.24, 2.45) is 58.2 Å². The maximum Gasteiger partial charge on any atom is 0.150 e. The lowest BCUT2D eigenvalue weighted by Crippen LogP contribution is -2.57. The second-order valence-electron chi connectivity index (χ2n) is 14.9. The predicted octanol–water partition coefficient (Wildman–Crippen LogP) is 8.75. The summed E-state index contributed by atoms with van der Waals surface area (Å²) in [7, 11) is 0. The number of aldehydes is 1. The van der Waals surface area contributed by atoms with Gasteiger partial charge in [0.15, 0.2) is 0 Å². The molecule has 4 aliphatic carbocycles. The summed E-state index contributed by atoms with van der Waals surface area (Å²) in [5, 5.41) is 11.2. The first-order valence-corrected chi connectivity index (χ1v) is 15.9. The summed E-state index contributed by atoms with van der Waals surface area (Å²) in [6, 6.07) is 8.11. The molecule has 1 unspecified atom stereocenters. The van der Waals surface area contributed by atoms with E-state index in [0.29, 0.717) is 22.7 Å². The van der Waals surface area contributed by atoms with Crippen LogP contribution in [0.1, 0.15) is 121 Å². The van der Waals surface area contributed by atoms with E-state index in [1.54, 1.807) is 0 Å². The minimum atomic E-state index is -0.184. The Labute approximate surface area is 227 Å². The number of aliphatic hydroxyl groups excluding tert-OH is 1. The van der Waals surface area contributed by atoms with Gasteiger partial charge in [-0.05, 0) is 122 Å². The molecule has 0 spiro atoms. The third kappa shape index (κ3) is 4.99. The van der Waals surface area contributed by atoms with Crippen LogP contribution in [0.4, 0.5) is 0 Å². The summed E-state index contributed by atoms with van der Waals surface area (Å²) < 4.78 is 0. The van der Waals surface area contributed by atoms with Crippen LogP contribution in [0.25, 0.3) is 0 Å². The molecule has 0 bridgehead atoms. The highest BCUT2D eigenvalue weighted by molar-refractivity contribution is 5.74. The van der Waals surface area contributed by atoms with E-state index in [2.05, 4.69) is 46.8 Å². The van der Waals surface area contributed by atoms with Crippen molar-refractivity contribution >= 4 is 6.29 Å². The molecule has 1 N–H and O–H groups in total. The largest absolute Gasteiger partial charge is 0.393 e. The van der Waals surface area contributed by atoms with E-state index in [4.69, 9.17) is 0 Å². The van der Waals surface area contributed by atoms with Gasteiger partial charge in [-0.15, -0.1) is 0 Å². The van der Waals surface area contributed by atoms with Crippen LogP contribution in [0.15, 0.2) is 24.3 Å². The summed E-state index contributed by atoms with van der Waals surface area (Å²) in [5.74, 6) is 6.26. The first-order chi connectivity index (χ1) is 17.7. The minimum Gasteiger partial charge on any atom is -0.393 e. The molecule has 0 aromatic heterocycles. The molecule has 0 aliphatic heterocycles. The molecule has 10 atom stereocenters. The van der Waals surface area contributed by atoms with Crippen molar-refractivity contribution in [3.63, 3.8) is 0 Å². The van der Waals surface area contributed by atoms with Crippen molar-refractivity contribution < 1.29 is 9.90 Å². The van der Waals surface area contributed by atoms with Gasteiger partial charge in [0, 0.05) is 5.56 Å². The molecule has 2 heteroatoms. The molecule has 0 heterocycles. The van der Waals surface area contributed by atoms with Crippen molar-refractivity contribution in [3.05, 3.63) is 35.4 Å². The lowest BCUT2D eigenvalue weighted by Gasteiger charge is -2.63. The van der Waals surface area contributed by atoms with E-state index in [1.165, 1.54) is 69.8 Å². The molecule has 4 aliphatic rings. The highest BCUT2D eigenvalue weighted by Gasteiger charge is 2.61. The number of fused-ring (bicyclic) bond motifs is 5. The Balaban J connectivity index is 1.31. The van der Waals surface area contributed by atoms with Crippen molar-refractivity contribution in [2.45, 2.75) is 118 Å². The summed E-state index contributed by atoms with van der Waals surface area (Å²) in [4.78, 5) is 11.1. The van der Waals surface area contributed by atoms with Gasteiger partial charge in [-0.25, -0.2) is 0 Å². The molecule has 5 rings (SSSR count). The molecule has 206 valence electrons. The van der Waals surface area contributed by atoms with E-state index in [9.17, 15) is 9.90 Å². The fourth-order valence-electron chi connectivity index (χ4n) is 10.8. The molecular formula is C35H54O2. The zero-order valence-corrected chi connectivity index (χ0v) is 24.4. The highest BCUT2D eigenvalue weighted by Crippen LogP contribution is 2.69. The highest BCUT2D eigenvalue weighted by atomic mass is 16.3. The first kappa shape index (κ1) is 27.4. The maximum absolute atomic E-state index is 11.2. The van der Waals surface area contributed by atoms with Gasteiger partial charge in [0.25, 0.3) is 0 Å². The lowest BCUT2D eigenvalue weighted by atomic mass is 9.42. The smallest absolute Gasteiger partial charge is 0.150 e. The number of aliphatic hydroxyl groups is 1. The van der Waals surface area contributed by atoms with Crippen LogP contribution in [-0.2, 0) is 6.42 Å². The molecule has 2 nitrogen and oxygen atoms in total. The lowest BCUT2D eigenvalue weighted by molar-refractivity contribution is -0.152. The number of hydrogen-bond donors (Lipinski definition) is 1. The average Bonchev–Trinajstić information content (AvgIpc) is 3.23. The topological polar surface area (TPSA) is 37.3 Å². The van der Waals surface area contributed by atoms with E-state index in [0.717, 1.165) is 60.2 Å². The number of rotatable bonds is 8. The summed E-state index contributed by atoms with van der Waals surface area (Å²) in [5.41, 5.74) is 2.95. The molecule has 4 fully saturated rings. The van der Waals surface area contributed by atoms with Gasteiger partial charge < -0.3 is 5.11 Å². The Bertz CT molecular complexity index is 920. The molecule has 0 amide bonds. The van der Waals surface area contributed by atoms with Crippen LogP contribution in [0, 0.1) is 58.2 Å². The van der Waals surface area contributed by atoms with Crippen LogP contribution in [0.5, 0.6) is 0 Å². The Morgan fingerprint density at radius 2 is 1.54 bits per heavy atom. The quantitative estimate of drug-likeness (QED) is 0.358. The van der Waals surface area contributed by atoms with Crippen molar-refractivity contribution in [2.75, 3.05) is 0 Å². The monoisotopic (exact) mass is 506 g/mol. The summed E-state index contributed by atoms with van der Waals surface area (Å²) in [6.45, 7) is 12.7. The van der Waals surface area contributed by atoms with Gasteiger partial charge in [0.2, 0.25) is 0 Å². The van der Waals surface area contributed by atoms with E-state index >= 15 is 0 Å². The third-order valence-corrected chi connectivity index (χ3v) is 12.7. The summed E-state index contributed by atoms with van der Waals surface area (Å²) in [6.07, 6.45) is 16.5. The van der Waals surface area contributed by atoms with Gasteiger partial charge in [0.1, 0.15) is 6.29 Å². The second kappa shape index (κ2) is 10.8. The average molecular weight is 507 g/mol. The van der Waals surface area contributed by atoms with Gasteiger partial charge in [-0.2, -0.15) is 0 Å². The van der Waals surface area contributed by atoms with Crippen molar-refractivity contribution in [1.29, 1.82) is 0 Å². The van der Waals surface area contributed by atoms with Gasteiger partial charge >= 0.3 is 0 Å². The second-order valence-corrected chi connectivity index (χ2v) is 14.9. The fourth-order valence-corrected chi connectivity index (χ4v) is 10.8. The Kier molecular flexibility index (Phi) is 7.99. The molecule has 0 saturated heterocycles.